The molecule has 0 atom stereocenters. The van der Waals surface area contributed by atoms with E-state index in [0.29, 0.717) is 5.92 Å². The van der Waals surface area contributed by atoms with Crippen molar-refractivity contribution < 1.29 is 4.74 Å². The first-order valence-corrected chi connectivity index (χ1v) is 6.60. The van der Waals surface area contributed by atoms with Crippen molar-refractivity contribution in [2.45, 2.75) is 19.8 Å². The molecule has 1 saturated heterocycles. The Labute approximate surface area is 113 Å². The van der Waals surface area contributed by atoms with Crippen molar-refractivity contribution in [3.8, 4) is 17.0 Å². The molecule has 1 aliphatic heterocycles. The van der Waals surface area contributed by atoms with Crippen molar-refractivity contribution in [3.63, 3.8) is 0 Å². The maximum absolute atomic E-state index is 5.51. The number of nitrogens with zero attached hydrogens (tertiary/aromatic N) is 1. The van der Waals surface area contributed by atoms with Crippen LogP contribution in [0, 0.1) is 13.8 Å². The normalized spacial score (nSPS) is 15.3. The predicted octanol–water partition coefficient (Wildman–Crippen LogP) is 2.39. The van der Waals surface area contributed by atoms with Gasteiger partial charge in [-0.15, -0.1) is 0 Å². The zero-order valence-corrected chi connectivity index (χ0v) is 11.6. The number of H-pyrrole nitrogens is 1. The van der Waals surface area contributed by atoms with Gasteiger partial charge in [0.05, 0.1) is 19.0 Å². The number of imidazole rings is 1. The fraction of sp³-hybridized carbons (Fsp3) is 0.400. The van der Waals surface area contributed by atoms with Gasteiger partial charge in [-0.3, -0.25) is 0 Å². The van der Waals surface area contributed by atoms with Crippen LogP contribution in [-0.4, -0.2) is 30.2 Å². The third-order valence-electron chi connectivity index (χ3n) is 3.70. The highest BCUT2D eigenvalue weighted by Crippen LogP contribution is 2.34. The first kappa shape index (κ1) is 12.2. The smallest absolute Gasteiger partial charge is 0.128 e. The molecule has 0 amide bonds. The Kier molecular flexibility index (Phi) is 3.03. The van der Waals surface area contributed by atoms with E-state index in [1.54, 1.807) is 7.11 Å². The van der Waals surface area contributed by atoms with E-state index in [1.165, 1.54) is 11.1 Å². The minimum atomic E-state index is 0.519. The van der Waals surface area contributed by atoms with Crippen LogP contribution in [-0.2, 0) is 0 Å². The Morgan fingerprint density at radius 1 is 1.26 bits per heavy atom. The number of hydrogen-bond acceptors (Lipinski definition) is 3. The van der Waals surface area contributed by atoms with Gasteiger partial charge < -0.3 is 15.0 Å². The van der Waals surface area contributed by atoms with Gasteiger partial charge in [0.15, 0.2) is 0 Å². The monoisotopic (exact) mass is 257 g/mol. The van der Waals surface area contributed by atoms with Gasteiger partial charge in [0.1, 0.15) is 11.6 Å². The summed E-state index contributed by atoms with van der Waals surface area (Å²) in [6.45, 7) is 6.21. The highest BCUT2D eigenvalue weighted by molar-refractivity contribution is 5.71. The number of aromatic amines is 1. The number of methoxy groups -OCH3 is 1. The first-order valence-electron chi connectivity index (χ1n) is 6.60. The first-order chi connectivity index (χ1) is 9.19. The summed E-state index contributed by atoms with van der Waals surface area (Å²) in [7, 11) is 1.71. The molecule has 4 heteroatoms. The van der Waals surface area contributed by atoms with Crippen LogP contribution in [0.3, 0.4) is 0 Å². The van der Waals surface area contributed by atoms with Crippen molar-refractivity contribution in [1.29, 1.82) is 0 Å². The molecule has 19 heavy (non-hydrogen) atoms. The number of aromatic nitrogens is 2. The lowest BCUT2D eigenvalue weighted by Crippen LogP contribution is -2.40. The Hall–Kier alpha value is -1.81. The van der Waals surface area contributed by atoms with Gasteiger partial charge in [-0.1, -0.05) is 6.07 Å². The second-order valence-corrected chi connectivity index (χ2v) is 5.20. The average Bonchev–Trinajstić information content (AvgIpc) is 2.74. The third-order valence-corrected chi connectivity index (χ3v) is 3.70. The lowest BCUT2D eigenvalue weighted by Gasteiger charge is -2.24. The molecule has 2 heterocycles. The Morgan fingerprint density at radius 2 is 2.05 bits per heavy atom. The summed E-state index contributed by atoms with van der Waals surface area (Å²) in [6.07, 6.45) is 1.91. The van der Waals surface area contributed by atoms with Crippen molar-refractivity contribution in [3.05, 3.63) is 35.3 Å². The second kappa shape index (κ2) is 4.70. The largest absolute Gasteiger partial charge is 0.496 e. The maximum Gasteiger partial charge on any atom is 0.128 e. The van der Waals surface area contributed by atoms with Crippen LogP contribution in [0.1, 0.15) is 22.9 Å². The number of benzene rings is 1. The molecular weight excluding hydrogens is 238 g/mol. The molecule has 3 rings (SSSR count). The standard InChI is InChI=1S/C15H19N3O/c1-9-4-10(2)14(13(5-9)19-3)12-8-17-15(18-12)11-6-16-7-11/h4-5,8,11,16H,6-7H2,1-3H3,(H,17,18). The number of rotatable bonds is 3. The lowest BCUT2D eigenvalue weighted by molar-refractivity contribution is 0.415. The van der Waals surface area contributed by atoms with Crippen molar-refractivity contribution >= 4 is 0 Å². The van der Waals surface area contributed by atoms with E-state index in [-0.39, 0.29) is 0 Å². The quantitative estimate of drug-likeness (QED) is 0.887. The zero-order chi connectivity index (χ0) is 13.4. The van der Waals surface area contributed by atoms with E-state index in [1.807, 2.05) is 6.20 Å². The Bertz CT molecular complexity index is 599. The topological polar surface area (TPSA) is 49.9 Å². The summed E-state index contributed by atoms with van der Waals surface area (Å²) >= 11 is 0. The minimum absolute atomic E-state index is 0.519. The van der Waals surface area contributed by atoms with E-state index in [2.05, 4.69) is 41.3 Å². The molecule has 0 bridgehead atoms. The maximum atomic E-state index is 5.51. The van der Waals surface area contributed by atoms with Gasteiger partial charge in [0.2, 0.25) is 0 Å². The molecule has 2 aromatic rings. The third kappa shape index (κ3) is 2.12. The molecule has 0 spiro atoms. The summed E-state index contributed by atoms with van der Waals surface area (Å²) in [4.78, 5) is 7.94. The van der Waals surface area contributed by atoms with Crippen LogP contribution in [0.25, 0.3) is 11.3 Å². The van der Waals surface area contributed by atoms with Crippen molar-refractivity contribution in [1.82, 2.24) is 15.3 Å². The van der Waals surface area contributed by atoms with E-state index in [9.17, 15) is 0 Å². The fourth-order valence-electron chi connectivity index (χ4n) is 2.59. The summed E-state index contributed by atoms with van der Waals surface area (Å²) in [5.41, 5.74) is 4.56. The van der Waals surface area contributed by atoms with Crippen LogP contribution >= 0.6 is 0 Å². The van der Waals surface area contributed by atoms with Gasteiger partial charge >= 0.3 is 0 Å². The number of ether oxygens (including phenoxy) is 1. The molecule has 1 aromatic heterocycles. The van der Waals surface area contributed by atoms with Gasteiger partial charge in [0.25, 0.3) is 0 Å². The fourth-order valence-corrected chi connectivity index (χ4v) is 2.59. The number of nitrogens with one attached hydrogen (secondary N) is 2. The molecule has 2 N–H and O–H groups in total. The highest BCUT2D eigenvalue weighted by Gasteiger charge is 2.22. The van der Waals surface area contributed by atoms with E-state index >= 15 is 0 Å². The van der Waals surface area contributed by atoms with Gasteiger partial charge in [-0.2, -0.15) is 0 Å². The molecular formula is C15H19N3O. The van der Waals surface area contributed by atoms with Crippen LogP contribution in [0.2, 0.25) is 0 Å². The molecule has 0 saturated carbocycles. The van der Waals surface area contributed by atoms with E-state index < -0.39 is 0 Å². The minimum Gasteiger partial charge on any atom is -0.496 e. The molecule has 100 valence electrons. The average molecular weight is 257 g/mol. The van der Waals surface area contributed by atoms with Gasteiger partial charge in [-0.05, 0) is 31.0 Å². The zero-order valence-electron chi connectivity index (χ0n) is 11.6. The van der Waals surface area contributed by atoms with E-state index in [0.717, 1.165) is 35.9 Å². The molecule has 0 radical (unpaired) electrons. The summed E-state index contributed by atoms with van der Waals surface area (Å²) in [5, 5.41) is 3.27. The molecule has 0 aliphatic carbocycles. The van der Waals surface area contributed by atoms with Crippen molar-refractivity contribution in [2.24, 2.45) is 0 Å². The highest BCUT2D eigenvalue weighted by atomic mass is 16.5. The van der Waals surface area contributed by atoms with Crippen LogP contribution < -0.4 is 10.1 Å². The summed E-state index contributed by atoms with van der Waals surface area (Å²) in [5.74, 6) is 2.49. The SMILES string of the molecule is COc1cc(C)cc(C)c1-c1cnc(C2CNC2)[nH]1. The molecule has 1 aromatic carbocycles. The van der Waals surface area contributed by atoms with Crippen LogP contribution in [0.15, 0.2) is 18.3 Å². The van der Waals surface area contributed by atoms with Crippen LogP contribution in [0.4, 0.5) is 0 Å². The van der Waals surface area contributed by atoms with Crippen LogP contribution in [0.5, 0.6) is 5.75 Å². The number of hydrogen-bond donors (Lipinski definition) is 2. The Morgan fingerprint density at radius 3 is 2.68 bits per heavy atom. The predicted molar refractivity (Wildman–Crippen MR) is 75.7 cm³/mol. The molecule has 1 fully saturated rings. The summed E-state index contributed by atoms with van der Waals surface area (Å²) in [6, 6.07) is 4.23. The number of aryl methyl sites for hydroxylation is 2. The lowest BCUT2D eigenvalue weighted by atomic mass is 10.0. The van der Waals surface area contributed by atoms with Crippen molar-refractivity contribution in [2.75, 3.05) is 20.2 Å². The Balaban J connectivity index is 2.03. The van der Waals surface area contributed by atoms with Gasteiger partial charge in [-0.25, -0.2) is 4.98 Å². The molecule has 1 aliphatic rings. The van der Waals surface area contributed by atoms with E-state index in [4.69, 9.17) is 4.74 Å². The second-order valence-electron chi connectivity index (χ2n) is 5.20. The molecule has 4 nitrogen and oxygen atoms in total. The molecule has 0 unspecified atom stereocenters. The summed E-state index contributed by atoms with van der Waals surface area (Å²) < 4.78 is 5.51. The van der Waals surface area contributed by atoms with Gasteiger partial charge in [0, 0.05) is 24.6 Å².